The molecular formula is C13H10ClF3N2O2S. The van der Waals surface area contributed by atoms with Gasteiger partial charge in [-0.2, -0.15) is 13.8 Å². The van der Waals surface area contributed by atoms with Gasteiger partial charge in [0, 0.05) is 17.1 Å². The first-order valence-corrected chi connectivity index (χ1v) is 7.23. The Morgan fingerprint density at radius 1 is 1.41 bits per heavy atom. The first kappa shape index (κ1) is 16.6. The molecule has 9 heteroatoms. The summed E-state index contributed by atoms with van der Waals surface area (Å²) >= 11 is 6.18. The van der Waals surface area contributed by atoms with Crippen LogP contribution in [0.1, 0.15) is 4.88 Å². The number of carbonyl (C=O) groups excluding carboxylic acids is 1. The largest absolute Gasteiger partial charge is 0.435 e. The maximum absolute atomic E-state index is 12.7. The molecule has 22 heavy (non-hydrogen) atoms. The minimum Gasteiger partial charge on any atom is -0.435 e. The number of carbonyl (C=O) groups is 1. The van der Waals surface area contributed by atoms with Crippen LogP contribution in [0.3, 0.4) is 0 Å². The highest BCUT2D eigenvalue weighted by atomic mass is 35.5. The van der Waals surface area contributed by atoms with E-state index in [1.165, 1.54) is 22.8 Å². The molecule has 0 aliphatic carbocycles. The third-order valence-corrected chi connectivity index (χ3v) is 3.57. The zero-order valence-corrected chi connectivity index (χ0v) is 12.7. The van der Waals surface area contributed by atoms with Gasteiger partial charge in [-0.3, -0.25) is 9.36 Å². The number of benzene rings is 1. The van der Waals surface area contributed by atoms with E-state index in [1.54, 1.807) is 19.2 Å². The molecule has 0 aliphatic heterocycles. The van der Waals surface area contributed by atoms with Crippen molar-refractivity contribution in [3.05, 3.63) is 40.1 Å². The van der Waals surface area contributed by atoms with Crippen molar-refractivity contribution in [2.75, 3.05) is 0 Å². The van der Waals surface area contributed by atoms with E-state index in [0.29, 0.717) is 5.69 Å². The van der Waals surface area contributed by atoms with Crippen LogP contribution in [0.5, 0.6) is 5.75 Å². The molecule has 2 rings (SSSR count). The Hall–Kier alpha value is -1.80. The topological polar surface area (TPSA) is 43.6 Å². The molecule has 0 radical (unpaired) electrons. The second kappa shape index (κ2) is 6.97. The smallest absolute Gasteiger partial charge is 0.387 e. The number of thiazole rings is 1. The van der Waals surface area contributed by atoms with Crippen LogP contribution in [0.15, 0.2) is 35.5 Å². The number of amides is 1. The van der Waals surface area contributed by atoms with Crippen LogP contribution >= 0.6 is 22.9 Å². The standard InChI is InChI=1S/C13H10ClF3N2O2S/c1-7-6-19(13(22-7)18-11(20)10(14)15)8-3-2-4-9(5-8)21-12(16)17/h2-6,10,12H,1H3. The summed E-state index contributed by atoms with van der Waals surface area (Å²) in [5, 5.41) is 0. The quantitative estimate of drug-likeness (QED) is 0.793. The van der Waals surface area contributed by atoms with Crippen molar-refractivity contribution in [1.29, 1.82) is 0 Å². The van der Waals surface area contributed by atoms with E-state index < -0.39 is 18.1 Å². The summed E-state index contributed by atoms with van der Waals surface area (Å²) in [5.74, 6) is -1.17. The lowest BCUT2D eigenvalue weighted by Gasteiger charge is -2.07. The number of alkyl halides is 4. The second-order valence-electron chi connectivity index (χ2n) is 4.12. The highest BCUT2D eigenvalue weighted by molar-refractivity contribution is 7.09. The number of halogens is 4. The maximum Gasteiger partial charge on any atom is 0.387 e. The fourth-order valence-corrected chi connectivity index (χ4v) is 2.56. The monoisotopic (exact) mass is 350 g/mol. The zero-order valence-electron chi connectivity index (χ0n) is 11.2. The van der Waals surface area contributed by atoms with Crippen molar-refractivity contribution in [3.8, 4) is 11.4 Å². The Morgan fingerprint density at radius 2 is 2.14 bits per heavy atom. The van der Waals surface area contributed by atoms with Crippen LogP contribution in [0.4, 0.5) is 13.2 Å². The molecule has 1 amide bonds. The number of ether oxygens (including phenoxy) is 1. The molecule has 0 bridgehead atoms. The van der Waals surface area contributed by atoms with Crippen LogP contribution in [0.25, 0.3) is 5.69 Å². The number of aromatic nitrogens is 1. The van der Waals surface area contributed by atoms with Gasteiger partial charge in [-0.1, -0.05) is 17.7 Å². The summed E-state index contributed by atoms with van der Waals surface area (Å²) in [4.78, 5) is 15.9. The summed E-state index contributed by atoms with van der Waals surface area (Å²) in [6, 6.07) is 5.85. The van der Waals surface area contributed by atoms with E-state index in [9.17, 15) is 18.0 Å². The second-order valence-corrected chi connectivity index (χ2v) is 5.72. The molecule has 0 saturated heterocycles. The molecule has 118 valence electrons. The van der Waals surface area contributed by atoms with Gasteiger partial charge in [-0.05, 0) is 19.1 Å². The van der Waals surface area contributed by atoms with Crippen LogP contribution < -0.4 is 9.54 Å². The number of aryl methyl sites for hydroxylation is 1. The lowest BCUT2D eigenvalue weighted by molar-refractivity contribution is -0.120. The predicted molar refractivity (Wildman–Crippen MR) is 76.3 cm³/mol. The Balaban J connectivity index is 2.47. The highest BCUT2D eigenvalue weighted by Gasteiger charge is 2.13. The van der Waals surface area contributed by atoms with Crippen LogP contribution in [0, 0.1) is 6.92 Å². The molecule has 4 nitrogen and oxygen atoms in total. The predicted octanol–water partition coefficient (Wildman–Crippen LogP) is 3.41. The van der Waals surface area contributed by atoms with E-state index >= 15 is 0 Å². The Kier molecular flexibility index (Phi) is 5.25. The minimum atomic E-state index is -2.95. The molecule has 0 saturated carbocycles. The average Bonchev–Trinajstić information content (AvgIpc) is 2.79. The fourth-order valence-electron chi connectivity index (χ4n) is 1.67. The van der Waals surface area contributed by atoms with E-state index in [4.69, 9.17) is 11.6 Å². The van der Waals surface area contributed by atoms with Crippen molar-refractivity contribution >= 4 is 28.8 Å². The van der Waals surface area contributed by atoms with E-state index in [0.717, 1.165) is 16.2 Å². The maximum atomic E-state index is 12.7. The van der Waals surface area contributed by atoms with E-state index in [1.807, 2.05) is 0 Å². The fraction of sp³-hybridized carbons (Fsp3) is 0.231. The van der Waals surface area contributed by atoms with Gasteiger partial charge in [0.15, 0.2) is 4.80 Å². The van der Waals surface area contributed by atoms with Crippen LogP contribution in [0.2, 0.25) is 0 Å². The van der Waals surface area contributed by atoms with E-state index in [2.05, 4.69) is 9.73 Å². The molecule has 0 aliphatic rings. The molecule has 1 heterocycles. The summed E-state index contributed by atoms with van der Waals surface area (Å²) in [7, 11) is 0. The average molecular weight is 351 g/mol. The van der Waals surface area contributed by atoms with Gasteiger partial charge in [0.2, 0.25) is 0 Å². The molecule has 0 spiro atoms. The molecule has 1 aromatic carbocycles. The van der Waals surface area contributed by atoms with Crippen LogP contribution in [-0.4, -0.2) is 22.7 Å². The molecule has 2 aromatic rings. The van der Waals surface area contributed by atoms with Crippen LogP contribution in [-0.2, 0) is 4.79 Å². The molecule has 1 aromatic heterocycles. The summed E-state index contributed by atoms with van der Waals surface area (Å²) < 4.78 is 43.0. The minimum absolute atomic E-state index is 0.0400. The van der Waals surface area contributed by atoms with Crippen molar-refractivity contribution in [1.82, 2.24) is 4.57 Å². The summed E-state index contributed by atoms with van der Waals surface area (Å²) in [6.45, 7) is -1.18. The normalized spacial score (nSPS) is 13.5. The van der Waals surface area contributed by atoms with Gasteiger partial charge in [0.05, 0.1) is 5.69 Å². The molecule has 1 unspecified atom stereocenters. The van der Waals surface area contributed by atoms with Gasteiger partial charge in [0.25, 0.3) is 11.5 Å². The van der Waals surface area contributed by atoms with Gasteiger partial charge < -0.3 is 4.74 Å². The lowest BCUT2D eigenvalue weighted by Crippen LogP contribution is -2.17. The van der Waals surface area contributed by atoms with E-state index in [-0.39, 0.29) is 10.6 Å². The Bertz CT molecular complexity index is 743. The third kappa shape index (κ3) is 4.11. The third-order valence-electron chi connectivity index (χ3n) is 2.48. The van der Waals surface area contributed by atoms with Gasteiger partial charge in [-0.25, -0.2) is 4.39 Å². The van der Waals surface area contributed by atoms with Crippen molar-refractivity contribution < 1.29 is 22.7 Å². The van der Waals surface area contributed by atoms with Crippen molar-refractivity contribution in [2.24, 2.45) is 4.99 Å². The number of hydrogen-bond acceptors (Lipinski definition) is 3. The highest BCUT2D eigenvalue weighted by Crippen LogP contribution is 2.19. The Morgan fingerprint density at radius 3 is 2.77 bits per heavy atom. The molecule has 0 N–H and O–H groups in total. The molecular weight excluding hydrogens is 341 g/mol. The van der Waals surface area contributed by atoms with Crippen molar-refractivity contribution in [3.63, 3.8) is 0 Å². The lowest BCUT2D eigenvalue weighted by atomic mass is 10.3. The van der Waals surface area contributed by atoms with Gasteiger partial charge in [-0.15, -0.1) is 11.3 Å². The van der Waals surface area contributed by atoms with Crippen molar-refractivity contribution in [2.45, 2.75) is 19.2 Å². The number of nitrogens with zero attached hydrogens (tertiary/aromatic N) is 2. The summed E-state index contributed by atoms with van der Waals surface area (Å²) in [5.41, 5.74) is -1.79. The Labute approximate surface area is 132 Å². The van der Waals surface area contributed by atoms with Gasteiger partial charge >= 0.3 is 6.61 Å². The number of hydrogen-bond donors (Lipinski definition) is 0. The zero-order chi connectivity index (χ0) is 16.3. The first-order chi connectivity index (χ1) is 10.4. The SMILES string of the molecule is Cc1cn(-c2cccc(OC(F)F)c2)c(=NC(=O)C(F)Cl)s1. The summed E-state index contributed by atoms with van der Waals surface area (Å²) in [6.07, 6.45) is 1.64. The van der Waals surface area contributed by atoms with Gasteiger partial charge in [0.1, 0.15) is 5.75 Å². The molecule has 0 fully saturated rings. The first-order valence-electron chi connectivity index (χ1n) is 5.98. The molecule has 1 atom stereocenters. The number of rotatable bonds is 4.